The standard InChI is InChI=1S/C15H20N4O4/c1-2-16-15(21)18-9-7-17(8-10-18)14(20)11-12-3-5-13(6-4-12)19(22)23/h3-6H,2,7-11H2,1H3,(H,16,21). The average molecular weight is 320 g/mol. The molecule has 0 atom stereocenters. The Labute approximate surface area is 134 Å². The normalized spacial score (nSPS) is 14.5. The van der Waals surface area contributed by atoms with E-state index in [2.05, 4.69) is 5.32 Å². The van der Waals surface area contributed by atoms with Crippen LogP contribution < -0.4 is 5.32 Å². The van der Waals surface area contributed by atoms with E-state index < -0.39 is 4.92 Å². The molecule has 1 aromatic carbocycles. The van der Waals surface area contributed by atoms with Gasteiger partial charge in [-0.25, -0.2) is 4.79 Å². The lowest BCUT2D eigenvalue weighted by Crippen LogP contribution is -2.53. The fourth-order valence-electron chi connectivity index (χ4n) is 2.44. The van der Waals surface area contributed by atoms with Crippen molar-refractivity contribution in [2.45, 2.75) is 13.3 Å². The second-order valence-corrected chi connectivity index (χ2v) is 5.30. The first-order valence-electron chi connectivity index (χ1n) is 7.55. The maximum Gasteiger partial charge on any atom is 0.317 e. The maximum atomic E-state index is 12.3. The summed E-state index contributed by atoms with van der Waals surface area (Å²) in [4.78, 5) is 37.5. The van der Waals surface area contributed by atoms with Gasteiger partial charge in [-0.2, -0.15) is 0 Å². The molecule has 1 aliphatic heterocycles. The number of nitro benzene ring substituents is 1. The molecule has 1 N–H and O–H groups in total. The van der Waals surface area contributed by atoms with E-state index in [4.69, 9.17) is 0 Å². The van der Waals surface area contributed by atoms with Gasteiger partial charge in [0.15, 0.2) is 0 Å². The van der Waals surface area contributed by atoms with Crippen LogP contribution in [0, 0.1) is 10.1 Å². The van der Waals surface area contributed by atoms with E-state index >= 15 is 0 Å². The maximum absolute atomic E-state index is 12.3. The molecule has 0 unspecified atom stereocenters. The number of benzene rings is 1. The zero-order chi connectivity index (χ0) is 16.8. The predicted octanol–water partition coefficient (Wildman–Crippen LogP) is 1.01. The van der Waals surface area contributed by atoms with Gasteiger partial charge in [0, 0.05) is 44.9 Å². The fraction of sp³-hybridized carbons (Fsp3) is 0.467. The van der Waals surface area contributed by atoms with Crippen molar-refractivity contribution in [2.75, 3.05) is 32.7 Å². The summed E-state index contributed by atoms with van der Waals surface area (Å²) in [5.74, 6) is -0.0330. The molecule has 8 heteroatoms. The number of carbonyl (C=O) groups is 2. The molecule has 0 aromatic heterocycles. The highest BCUT2D eigenvalue weighted by molar-refractivity contribution is 5.79. The summed E-state index contributed by atoms with van der Waals surface area (Å²) in [6.45, 7) is 4.47. The molecule has 1 saturated heterocycles. The molecule has 2 rings (SSSR count). The molecule has 1 aliphatic rings. The number of amides is 3. The Morgan fingerprint density at radius 1 is 1.13 bits per heavy atom. The Morgan fingerprint density at radius 3 is 2.22 bits per heavy atom. The van der Waals surface area contributed by atoms with Crippen molar-refractivity contribution in [3.63, 3.8) is 0 Å². The highest BCUT2D eigenvalue weighted by Gasteiger charge is 2.23. The molecule has 1 aromatic rings. The van der Waals surface area contributed by atoms with Crippen LogP contribution in [0.1, 0.15) is 12.5 Å². The van der Waals surface area contributed by atoms with Gasteiger partial charge in [0.25, 0.3) is 5.69 Å². The molecule has 3 amide bonds. The molecular weight excluding hydrogens is 300 g/mol. The van der Waals surface area contributed by atoms with Crippen LogP contribution in [0.15, 0.2) is 24.3 Å². The molecule has 8 nitrogen and oxygen atoms in total. The Balaban J connectivity index is 1.85. The van der Waals surface area contributed by atoms with E-state index in [9.17, 15) is 19.7 Å². The van der Waals surface area contributed by atoms with Crippen molar-refractivity contribution in [2.24, 2.45) is 0 Å². The van der Waals surface area contributed by atoms with Gasteiger partial charge in [-0.15, -0.1) is 0 Å². The smallest absolute Gasteiger partial charge is 0.317 e. The minimum Gasteiger partial charge on any atom is -0.339 e. The number of piperazine rings is 1. The summed E-state index contributed by atoms with van der Waals surface area (Å²) in [7, 11) is 0. The topological polar surface area (TPSA) is 95.8 Å². The molecule has 23 heavy (non-hydrogen) atoms. The van der Waals surface area contributed by atoms with E-state index in [0.29, 0.717) is 32.7 Å². The summed E-state index contributed by atoms with van der Waals surface area (Å²) in [6, 6.07) is 5.89. The third-order valence-electron chi connectivity index (χ3n) is 3.75. The number of non-ortho nitro benzene ring substituents is 1. The Morgan fingerprint density at radius 2 is 1.70 bits per heavy atom. The first-order chi connectivity index (χ1) is 11.0. The second kappa shape index (κ2) is 7.57. The zero-order valence-electron chi connectivity index (χ0n) is 13.0. The van der Waals surface area contributed by atoms with Gasteiger partial charge in [0.05, 0.1) is 11.3 Å². The third-order valence-corrected chi connectivity index (χ3v) is 3.75. The predicted molar refractivity (Wildman–Crippen MR) is 84.0 cm³/mol. The van der Waals surface area contributed by atoms with Crippen LogP contribution in [-0.2, 0) is 11.2 Å². The Kier molecular flexibility index (Phi) is 5.51. The zero-order valence-corrected chi connectivity index (χ0v) is 13.0. The van der Waals surface area contributed by atoms with E-state index in [-0.39, 0.29) is 24.0 Å². The molecule has 1 heterocycles. The SMILES string of the molecule is CCNC(=O)N1CCN(C(=O)Cc2ccc([N+](=O)[O-])cc2)CC1. The number of carbonyl (C=O) groups excluding carboxylic acids is 2. The number of hydrogen-bond acceptors (Lipinski definition) is 4. The van der Waals surface area contributed by atoms with Gasteiger partial charge in [0.2, 0.25) is 5.91 Å². The molecular formula is C15H20N4O4. The van der Waals surface area contributed by atoms with Gasteiger partial charge < -0.3 is 15.1 Å². The number of hydrogen-bond donors (Lipinski definition) is 1. The first kappa shape index (κ1) is 16.7. The minimum atomic E-state index is -0.466. The fourth-order valence-corrected chi connectivity index (χ4v) is 2.44. The highest BCUT2D eigenvalue weighted by Crippen LogP contribution is 2.13. The summed E-state index contributed by atoms with van der Waals surface area (Å²) >= 11 is 0. The van der Waals surface area contributed by atoms with Crippen molar-refractivity contribution in [1.82, 2.24) is 15.1 Å². The number of rotatable bonds is 4. The molecule has 0 bridgehead atoms. The van der Waals surface area contributed by atoms with Crippen molar-refractivity contribution < 1.29 is 14.5 Å². The van der Waals surface area contributed by atoms with Crippen LogP contribution in [0.25, 0.3) is 0 Å². The third kappa shape index (κ3) is 4.41. The van der Waals surface area contributed by atoms with Gasteiger partial charge in [-0.3, -0.25) is 14.9 Å². The number of nitrogens with one attached hydrogen (secondary N) is 1. The molecule has 0 spiro atoms. The van der Waals surface area contributed by atoms with Crippen LogP contribution in [0.4, 0.5) is 10.5 Å². The Hall–Kier alpha value is -2.64. The minimum absolute atomic E-state index is 0.0109. The summed E-state index contributed by atoms with van der Waals surface area (Å²) in [5.41, 5.74) is 0.753. The summed E-state index contributed by atoms with van der Waals surface area (Å²) in [5, 5.41) is 13.3. The Bertz CT molecular complexity index is 580. The monoisotopic (exact) mass is 320 g/mol. The number of nitrogens with zero attached hydrogens (tertiary/aromatic N) is 3. The first-order valence-corrected chi connectivity index (χ1v) is 7.55. The number of urea groups is 1. The molecule has 0 aliphatic carbocycles. The van der Waals surface area contributed by atoms with Gasteiger partial charge in [0.1, 0.15) is 0 Å². The van der Waals surface area contributed by atoms with E-state index in [0.717, 1.165) is 5.56 Å². The van der Waals surface area contributed by atoms with Crippen molar-refractivity contribution >= 4 is 17.6 Å². The van der Waals surface area contributed by atoms with Crippen LogP contribution in [0.2, 0.25) is 0 Å². The van der Waals surface area contributed by atoms with Crippen LogP contribution in [-0.4, -0.2) is 59.4 Å². The van der Waals surface area contributed by atoms with Crippen LogP contribution in [0.5, 0.6) is 0 Å². The molecule has 0 radical (unpaired) electrons. The molecule has 0 saturated carbocycles. The lowest BCUT2D eigenvalue weighted by molar-refractivity contribution is -0.384. The van der Waals surface area contributed by atoms with Gasteiger partial charge in [-0.05, 0) is 12.5 Å². The summed E-state index contributed by atoms with van der Waals surface area (Å²) in [6.07, 6.45) is 0.207. The lowest BCUT2D eigenvalue weighted by Gasteiger charge is -2.34. The lowest BCUT2D eigenvalue weighted by atomic mass is 10.1. The second-order valence-electron chi connectivity index (χ2n) is 5.30. The van der Waals surface area contributed by atoms with Gasteiger partial charge in [-0.1, -0.05) is 12.1 Å². The van der Waals surface area contributed by atoms with E-state index in [1.807, 2.05) is 6.92 Å². The van der Waals surface area contributed by atoms with E-state index in [1.54, 1.807) is 21.9 Å². The molecule has 124 valence electrons. The van der Waals surface area contributed by atoms with Crippen LogP contribution in [0.3, 0.4) is 0 Å². The molecule has 1 fully saturated rings. The van der Waals surface area contributed by atoms with Crippen molar-refractivity contribution in [1.29, 1.82) is 0 Å². The van der Waals surface area contributed by atoms with Crippen molar-refractivity contribution in [3.05, 3.63) is 39.9 Å². The highest BCUT2D eigenvalue weighted by atomic mass is 16.6. The van der Waals surface area contributed by atoms with Crippen molar-refractivity contribution in [3.8, 4) is 0 Å². The quantitative estimate of drug-likeness (QED) is 0.661. The van der Waals surface area contributed by atoms with E-state index in [1.165, 1.54) is 12.1 Å². The van der Waals surface area contributed by atoms with Gasteiger partial charge >= 0.3 is 6.03 Å². The summed E-state index contributed by atoms with van der Waals surface area (Å²) < 4.78 is 0. The average Bonchev–Trinajstić information content (AvgIpc) is 2.55. The number of nitro groups is 1. The van der Waals surface area contributed by atoms with Crippen LogP contribution >= 0.6 is 0 Å². The largest absolute Gasteiger partial charge is 0.339 e.